The molecule has 1 heterocycles. The summed E-state index contributed by atoms with van der Waals surface area (Å²) in [5, 5.41) is 4.11. The maximum absolute atomic E-state index is 11.3. The highest BCUT2D eigenvalue weighted by atomic mass is 16.1. The van der Waals surface area contributed by atoms with Crippen LogP contribution in [0.5, 0.6) is 0 Å². The molecule has 3 nitrogen and oxygen atoms in total. The highest BCUT2D eigenvalue weighted by Gasteiger charge is 2.46. The number of hydrogen-bond acceptors (Lipinski definition) is 2. The standard InChI is InChI=1S/C11H16N2O/c1-9(14)11(5-6-11)4-3-10-7-12-13(2)8-10/h7-8H,3-6H2,1-2H3. The van der Waals surface area contributed by atoms with Gasteiger partial charge in [-0.15, -0.1) is 0 Å². The van der Waals surface area contributed by atoms with Crippen molar-refractivity contribution in [2.24, 2.45) is 12.5 Å². The number of carbonyl (C=O) groups is 1. The lowest BCUT2D eigenvalue weighted by molar-refractivity contribution is -0.122. The van der Waals surface area contributed by atoms with Crippen LogP contribution in [0, 0.1) is 5.41 Å². The largest absolute Gasteiger partial charge is 0.299 e. The molecule has 2 rings (SSSR count). The fourth-order valence-electron chi connectivity index (χ4n) is 1.91. The van der Waals surface area contributed by atoms with Crippen molar-refractivity contribution in [2.45, 2.75) is 32.6 Å². The van der Waals surface area contributed by atoms with E-state index >= 15 is 0 Å². The summed E-state index contributed by atoms with van der Waals surface area (Å²) < 4.78 is 1.81. The second-order valence-electron chi connectivity index (χ2n) is 4.36. The number of carbonyl (C=O) groups excluding carboxylic acids is 1. The fraction of sp³-hybridized carbons (Fsp3) is 0.636. The van der Waals surface area contributed by atoms with Crippen LogP contribution in [0.15, 0.2) is 12.4 Å². The minimum atomic E-state index is 0.0375. The molecule has 1 aromatic rings. The highest BCUT2D eigenvalue weighted by Crippen LogP contribution is 2.50. The van der Waals surface area contributed by atoms with Crippen molar-refractivity contribution in [1.29, 1.82) is 0 Å². The summed E-state index contributed by atoms with van der Waals surface area (Å²) >= 11 is 0. The van der Waals surface area contributed by atoms with E-state index in [4.69, 9.17) is 0 Å². The van der Waals surface area contributed by atoms with Gasteiger partial charge in [-0.25, -0.2) is 0 Å². The smallest absolute Gasteiger partial charge is 0.135 e. The molecule has 0 saturated heterocycles. The molecule has 0 amide bonds. The average molecular weight is 192 g/mol. The van der Waals surface area contributed by atoms with Crippen LogP contribution < -0.4 is 0 Å². The molecule has 1 aromatic heterocycles. The lowest BCUT2D eigenvalue weighted by Gasteiger charge is -2.08. The third kappa shape index (κ3) is 1.72. The van der Waals surface area contributed by atoms with Crippen LogP contribution in [0.1, 0.15) is 31.7 Å². The normalized spacial score (nSPS) is 18.1. The molecule has 0 spiro atoms. The number of Topliss-reactive ketones (excluding diaryl/α,β-unsaturated/α-hetero) is 1. The van der Waals surface area contributed by atoms with Gasteiger partial charge in [-0.05, 0) is 38.2 Å². The van der Waals surface area contributed by atoms with Crippen LogP contribution in [-0.2, 0) is 18.3 Å². The van der Waals surface area contributed by atoms with Crippen LogP contribution >= 0.6 is 0 Å². The molecule has 0 unspecified atom stereocenters. The summed E-state index contributed by atoms with van der Waals surface area (Å²) in [7, 11) is 1.92. The molecule has 0 bridgehead atoms. The SMILES string of the molecule is CC(=O)C1(CCc2cnn(C)c2)CC1. The van der Waals surface area contributed by atoms with E-state index < -0.39 is 0 Å². The maximum atomic E-state index is 11.3. The molecule has 76 valence electrons. The molecule has 1 aliphatic rings. The fourth-order valence-corrected chi connectivity index (χ4v) is 1.91. The number of aromatic nitrogens is 2. The van der Waals surface area contributed by atoms with E-state index in [0.717, 1.165) is 25.7 Å². The first-order chi connectivity index (χ1) is 6.62. The molecule has 0 N–H and O–H groups in total. The van der Waals surface area contributed by atoms with Gasteiger partial charge in [0.25, 0.3) is 0 Å². The Morgan fingerprint density at radius 2 is 2.36 bits per heavy atom. The Balaban J connectivity index is 1.92. The third-order valence-electron chi connectivity index (χ3n) is 3.25. The van der Waals surface area contributed by atoms with Gasteiger partial charge < -0.3 is 0 Å². The van der Waals surface area contributed by atoms with Crippen molar-refractivity contribution < 1.29 is 4.79 Å². The Kier molecular flexibility index (Phi) is 2.17. The minimum Gasteiger partial charge on any atom is -0.299 e. The van der Waals surface area contributed by atoms with Crippen molar-refractivity contribution >= 4 is 5.78 Å². The van der Waals surface area contributed by atoms with Gasteiger partial charge in [-0.3, -0.25) is 9.48 Å². The molecule has 0 atom stereocenters. The van der Waals surface area contributed by atoms with E-state index in [0.29, 0.717) is 5.78 Å². The Hall–Kier alpha value is -1.12. The first-order valence-electron chi connectivity index (χ1n) is 5.11. The minimum absolute atomic E-state index is 0.0375. The quantitative estimate of drug-likeness (QED) is 0.728. The molecule has 1 aliphatic carbocycles. The second-order valence-corrected chi connectivity index (χ2v) is 4.36. The van der Waals surface area contributed by atoms with E-state index in [9.17, 15) is 4.79 Å². The van der Waals surface area contributed by atoms with Gasteiger partial charge in [-0.2, -0.15) is 5.10 Å². The van der Waals surface area contributed by atoms with Crippen LogP contribution in [0.2, 0.25) is 0 Å². The highest BCUT2D eigenvalue weighted by molar-refractivity contribution is 5.84. The topological polar surface area (TPSA) is 34.9 Å². The molecular formula is C11H16N2O. The van der Waals surface area contributed by atoms with Crippen molar-refractivity contribution in [3.05, 3.63) is 18.0 Å². The second kappa shape index (κ2) is 3.23. The van der Waals surface area contributed by atoms with Crippen LogP contribution in [0.25, 0.3) is 0 Å². The summed E-state index contributed by atoms with van der Waals surface area (Å²) in [5.74, 6) is 0.362. The molecule has 0 radical (unpaired) electrons. The lowest BCUT2D eigenvalue weighted by Crippen LogP contribution is -2.12. The number of ketones is 1. The summed E-state index contributed by atoms with van der Waals surface area (Å²) in [6.07, 6.45) is 8.05. The van der Waals surface area contributed by atoms with Crippen LogP contribution in [0.4, 0.5) is 0 Å². The first-order valence-corrected chi connectivity index (χ1v) is 5.11. The molecule has 0 aromatic carbocycles. The molecule has 1 fully saturated rings. The number of rotatable bonds is 4. The predicted octanol–water partition coefficient (Wildman–Crippen LogP) is 1.72. The van der Waals surface area contributed by atoms with Crippen molar-refractivity contribution in [3.8, 4) is 0 Å². The predicted molar refractivity (Wildman–Crippen MR) is 53.9 cm³/mol. The zero-order valence-electron chi connectivity index (χ0n) is 8.79. The van der Waals surface area contributed by atoms with Crippen molar-refractivity contribution in [3.63, 3.8) is 0 Å². The number of nitrogens with zero attached hydrogens (tertiary/aromatic N) is 2. The van der Waals surface area contributed by atoms with Crippen LogP contribution in [0.3, 0.4) is 0 Å². The monoisotopic (exact) mass is 192 g/mol. The Morgan fingerprint density at radius 3 is 2.79 bits per heavy atom. The van der Waals surface area contributed by atoms with E-state index in [2.05, 4.69) is 5.10 Å². The number of aryl methyl sites for hydroxylation is 2. The summed E-state index contributed by atoms with van der Waals surface area (Å²) in [5.41, 5.74) is 1.27. The van der Waals surface area contributed by atoms with E-state index in [1.54, 1.807) is 6.92 Å². The molecule has 1 saturated carbocycles. The number of hydrogen-bond donors (Lipinski definition) is 0. The summed E-state index contributed by atoms with van der Waals surface area (Å²) in [6.45, 7) is 1.72. The van der Waals surface area contributed by atoms with E-state index in [1.165, 1.54) is 5.56 Å². The zero-order chi connectivity index (χ0) is 10.2. The third-order valence-corrected chi connectivity index (χ3v) is 3.25. The van der Waals surface area contributed by atoms with E-state index in [1.807, 2.05) is 24.1 Å². The van der Waals surface area contributed by atoms with Crippen molar-refractivity contribution in [2.75, 3.05) is 0 Å². The van der Waals surface area contributed by atoms with Gasteiger partial charge in [0.15, 0.2) is 0 Å². The Bertz CT molecular complexity index is 350. The average Bonchev–Trinajstić information content (AvgIpc) is 2.82. The van der Waals surface area contributed by atoms with Gasteiger partial charge in [0.1, 0.15) is 5.78 Å². The van der Waals surface area contributed by atoms with Gasteiger partial charge in [0, 0.05) is 18.7 Å². The maximum Gasteiger partial charge on any atom is 0.135 e. The first kappa shape index (κ1) is 9.44. The summed E-state index contributed by atoms with van der Waals surface area (Å²) in [6, 6.07) is 0. The zero-order valence-corrected chi connectivity index (χ0v) is 8.79. The van der Waals surface area contributed by atoms with Gasteiger partial charge in [-0.1, -0.05) is 0 Å². The van der Waals surface area contributed by atoms with Gasteiger partial charge in [0.05, 0.1) is 6.20 Å². The molecule has 3 heteroatoms. The van der Waals surface area contributed by atoms with Crippen LogP contribution in [-0.4, -0.2) is 15.6 Å². The lowest BCUT2D eigenvalue weighted by atomic mass is 9.94. The summed E-state index contributed by atoms with van der Waals surface area (Å²) in [4.78, 5) is 11.3. The molecule has 0 aliphatic heterocycles. The van der Waals surface area contributed by atoms with Crippen molar-refractivity contribution in [1.82, 2.24) is 9.78 Å². The molecule has 14 heavy (non-hydrogen) atoms. The van der Waals surface area contributed by atoms with E-state index in [-0.39, 0.29) is 5.41 Å². The molecular weight excluding hydrogens is 176 g/mol. The van der Waals surface area contributed by atoms with Gasteiger partial charge >= 0.3 is 0 Å². The van der Waals surface area contributed by atoms with Gasteiger partial charge in [0.2, 0.25) is 0 Å². The Morgan fingerprint density at radius 1 is 1.64 bits per heavy atom. The Labute approximate surface area is 84.1 Å².